The quantitative estimate of drug-likeness (QED) is 0.620. The van der Waals surface area contributed by atoms with E-state index in [-0.39, 0.29) is 11.6 Å². The highest BCUT2D eigenvalue weighted by atomic mass is 16.5. The van der Waals surface area contributed by atoms with E-state index >= 15 is 0 Å². The Bertz CT molecular complexity index is 416. The summed E-state index contributed by atoms with van der Waals surface area (Å²) in [6.45, 7) is 8.08. The number of aryl methyl sites for hydroxylation is 1. The van der Waals surface area contributed by atoms with E-state index < -0.39 is 0 Å². The molecule has 2 rings (SSSR count). The van der Waals surface area contributed by atoms with Gasteiger partial charge in [0, 0.05) is 25.5 Å². The Kier molecular flexibility index (Phi) is 5.18. The van der Waals surface area contributed by atoms with Crippen molar-refractivity contribution < 1.29 is 4.74 Å². The largest absolute Gasteiger partial charge is 0.373 e. The second kappa shape index (κ2) is 6.70. The molecule has 0 bridgehead atoms. The summed E-state index contributed by atoms with van der Waals surface area (Å²) in [4.78, 5) is 4.53. The molecule has 1 aromatic rings. The molecule has 5 nitrogen and oxygen atoms in total. The van der Waals surface area contributed by atoms with Crippen molar-refractivity contribution in [2.24, 2.45) is 11.8 Å². The van der Waals surface area contributed by atoms with Gasteiger partial charge in [0.2, 0.25) is 0 Å². The molecule has 0 radical (unpaired) electrons. The Morgan fingerprint density at radius 1 is 1.60 bits per heavy atom. The van der Waals surface area contributed by atoms with Gasteiger partial charge < -0.3 is 9.30 Å². The first-order valence-corrected chi connectivity index (χ1v) is 7.78. The minimum Gasteiger partial charge on any atom is -0.373 e. The maximum absolute atomic E-state index is 6.22. The molecule has 3 N–H and O–H groups in total. The summed E-state index contributed by atoms with van der Waals surface area (Å²) in [5, 5.41) is 0. The zero-order chi connectivity index (χ0) is 14.6. The molecule has 1 aliphatic rings. The van der Waals surface area contributed by atoms with E-state index in [0.717, 1.165) is 25.2 Å². The van der Waals surface area contributed by atoms with E-state index in [0.29, 0.717) is 12.5 Å². The van der Waals surface area contributed by atoms with Gasteiger partial charge in [0.1, 0.15) is 11.9 Å². The van der Waals surface area contributed by atoms with Crippen LogP contribution in [0, 0.1) is 5.92 Å². The molecule has 0 aliphatic heterocycles. The topological polar surface area (TPSA) is 65.1 Å². The number of ether oxygens (including phenoxy) is 1. The second-order valence-corrected chi connectivity index (χ2v) is 5.87. The van der Waals surface area contributed by atoms with E-state index in [2.05, 4.69) is 35.7 Å². The van der Waals surface area contributed by atoms with E-state index in [1.54, 1.807) is 0 Å². The highest BCUT2D eigenvalue weighted by Crippen LogP contribution is 2.43. The van der Waals surface area contributed by atoms with Crippen molar-refractivity contribution in [1.82, 2.24) is 15.0 Å². The van der Waals surface area contributed by atoms with Crippen molar-refractivity contribution >= 4 is 0 Å². The average Bonchev–Trinajstić information content (AvgIpc) is 2.88. The molecule has 1 aliphatic carbocycles. The van der Waals surface area contributed by atoms with Crippen molar-refractivity contribution in [2.45, 2.75) is 64.6 Å². The van der Waals surface area contributed by atoms with E-state index in [1.807, 2.05) is 12.4 Å². The van der Waals surface area contributed by atoms with Crippen LogP contribution in [0.15, 0.2) is 12.4 Å². The second-order valence-electron chi connectivity index (χ2n) is 5.87. The number of aromatic nitrogens is 2. The van der Waals surface area contributed by atoms with Crippen molar-refractivity contribution in [3.8, 4) is 0 Å². The minimum absolute atomic E-state index is 0.0554. The fourth-order valence-electron chi connectivity index (χ4n) is 3.62. The minimum atomic E-state index is -0.237. The van der Waals surface area contributed by atoms with Gasteiger partial charge in [0.15, 0.2) is 0 Å². The number of hydrogen-bond acceptors (Lipinski definition) is 4. The number of imidazole rings is 1. The molecule has 20 heavy (non-hydrogen) atoms. The molecule has 0 spiro atoms. The summed E-state index contributed by atoms with van der Waals surface area (Å²) in [6, 6.07) is -0.0554. The van der Waals surface area contributed by atoms with Crippen LogP contribution in [0.5, 0.6) is 0 Å². The maximum Gasteiger partial charge on any atom is 0.130 e. The Morgan fingerprint density at radius 2 is 2.40 bits per heavy atom. The highest BCUT2D eigenvalue weighted by molar-refractivity contribution is 5.09. The maximum atomic E-state index is 6.22. The van der Waals surface area contributed by atoms with Gasteiger partial charge in [-0.05, 0) is 32.6 Å². The van der Waals surface area contributed by atoms with Crippen LogP contribution in [-0.4, -0.2) is 21.8 Å². The van der Waals surface area contributed by atoms with Gasteiger partial charge in [-0.1, -0.05) is 19.8 Å². The Hall–Kier alpha value is -0.910. The number of rotatable bonds is 6. The first-order chi connectivity index (χ1) is 9.66. The molecule has 1 aromatic heterocycles. The highest BCUT2D eigenvalue weighted by Gasteiger charge is 2.44. The fraction of sp³-hybridized carbons (Fsp3) is 0.800. The molecule has 0 aromatic carbocycles. The van der Waals surface area contributed by atoms with Gasteiger partial charge in [0.25, 0.3) is 0 Å². The van der Waals surface area contributed by atoms with Gasteiger partial charge in [-0.25, -0.2) is 10.4 Å². The molecule has 5 heteroatoms. The SMILES string of the molecule is CCOC1(C(NN)c2nccn2CC)CCCC(C)C1. The van der Waals surface area contributed by atoms with Gasteiger partial charge in [-0.2, -0.15) is 0 Å². The van der Waals surface area contributed by atoms with Gasteiger partial charge in [0.05, 0.1) is 5.60 Å². The Balaban J connectivity index is 2.34. The summed E-state index contributed by atoms with van der Waals surface area (Å²) in [7, 11) is 0. The van der Waals surface area contributed by atoms with Crippen LogP contribution in [0.3, 0.4) is 0 Å². The predicted molar refractivity (Wildman–Crippen MR) is 80.0 cm³/mol. The van der Waals surface area contributed by atoms with Crippen LogP contribution >= 0.6 is 0 Å². The predicted octanol–water partition coefficient (Wildman–Crippen LogP) is 2.39. The summed E-state index contributed by atoms with van der Waals surface area (Å²) in [5.41, 5.74) is 2.75. The summed E-state index contributed by atoms with van der Waals surface area (Å²) in [5.74, 6) is 7.54. The third kappa shape index (κ3) is 2.90. The lowest BCUT2D eigenvalue weighted by atomic mass is 9.74. The van der Waals surface area contributed by atoms with E-state index in [9.17, 15) is 0 Å². The molecule has 1 heterocycles. The van der Waals surface area contributed by atoms with Crippen LogP contribution < -0.4 is 11.3 Å². The molecular weight excluding hydrogens is 252 g/mol. The summed E-state index contributed by atoms with van der Waals surface area (Å²) in [6.07, 6.45) is 8.38. The van der Waals surface area contributed by atoms with Gasteiger partial charge in [-0.15, -0.1) is 0 Å². The number of hydrogen-bond donors (Lipinski definition) is 2. The molecule has 114 valence electrons. The third-order valence-electron chi connectivity index (χ3n) is 4.46. The first-order valence-electron chi connectivity index (χ1n) is 7.78. The van der Waals surface area contributed by atoms with Crippen molar-refractivity contribution in [1.29, 1.82) is 0 Å². The molecule has 0 amide bonds. The molecule has 0 saturated heterocycles. The first kappa shape index (κ1) is 15.5. The number of nitrogens with zero attached hydrogens (tertiary/aromatic N) is 2. The molecule has 1 saturated carbocycles. The number of hydrazine groups is 1. The number of nitrogens with one attached hydrogen (secondary N) is 1. The number of nitrogens with two attached hydrogens (primary N) is 1. The van der Waals surface area contributed by atoms with Crippen molar-refractivity contribution in [2.75, 3.05) is 6.61 Å². The zero-order valence-corrected chi connectivity index (χ0v) is 12.9. The lowest BCUT2D eigenvalue weighted by molar-refractivity contribution is -0.104. The van der Waals surface area contributed by atoms with Gasteiger partial charge >= 0.3 is 0 Å². The summed E-state index contributed by atoms with van der Waals surface area (Å²) >= 11 is 0. The lowest BCUT2D eigenvalue weighted by Gasteiger charge is -2.44. The standard InChI is InChI=1S/C15H28N4O/c1-4-19-10-9-17-14(19)13(18-16)15(20-5-2)8-6-7-12(3)11-15/h9-10,12-13,18H,4-8,11,16H2,1-3H3. The van der Waals surface area contributed by atoms with Crippen LogP contribution in [0.4, 0.5) is 0 Å². The molecular formula is C15H28N4O. The summed E-state index contributed by atoms with van der Waals surface area (Å²) < 4.78 is 8.36. The van der Waals surface area contributed by atoms with E-state index in [1.165, 1.54) is 12.8 Å². The molecule has 3 unspecified atom stereocenters. The van der Waals surface area contributed by atoms with Crippen LogP contribution in [0.25, 0.3) is 0 Å². The molecule has 3 atom stereocenters. The van der Waals surface area contributed by atoms with Crippen molar-refractivity contribution in [3.05, 3.63) is 18.2 Å². The fourth-order valence-corrected chi connectivity index (χ4v) is 3.62. The average molecular weight is 280 g/mol. The van der Waals surface area contributed by atoms with Crippen molar-refractivity contribution in [3.63, 3.8) is 0 Å². The normalized spacial score (nSPS) is 28.5. The van der Waals surface area contributed by atoms with Crippen LogP contribution in [-0.2, 0) is 11.3 Å². The molecule has 1 fully saturated rings. The van der Waals surface area contributed by atoms with E-state index in [4.69, 9.17) is 10.6 Å². The monoisotopic (exact) mass is 280 g/mol. The zero-order valence-electron chi connectivity index (χ0n) is 12.9. The van der Waals surface area contributed by atoms with Crippen LogP contribution in [0.2, 0.25) is 0 Å². The lowest BCUT2D eigenvalue weighted by Crippen LogP contribution is -2.52. The Morgan fingerprint density at radius 3 is 3.00 bits per heavy atom. The Labute approximate surface area is 121 Å². The van der Waals surface area contributed by atoms with Crippen LogP contribution in [0.1, 0.15) is 58.3 Å². The third-order valence-corrected chi connectivity index (χ3v) is 4.46. The van der Waals surface area contributed by atoms with Gasteiger partial charge in [-0.3, -0.25) is 5.84 Å². The smallest absolute Gasteiger partial charge is 0.130 e.